The standard InChI is InChI=1S/C30H40N4O2/c1-4-22-6-7-23(18-28(22)34-11-9-24(10-12-34)33-13-15-36-16-14-33)30(2,3)29-26(20-35)25-8-5-21(19-31)17-27(25)32-29/h5,7-8,17-18,22,24,32,35H,4,6,9-16,20H2,1-3H3. The van der Waals surface area contributed by atoms with Crippen molar-refractivity contribution in [2.75, 3.05) is 39.4 Å². The number of H-pyrrole nitrogens is 1. The lowest BCUT2D eigenvalue weighted by Gasteiger charge is -2.44. The van der Waals surface area contributed by atoms with Crippen molar-refractivity contribution in [1.82, 2.24) is 14.8 Å². The number of hydrogen-bond donors (Lipinski definition) is 2. The molecule has 2 aliphatic heterocycles. The number of hydrogen-bond acceptors (Lipinski definition) is 5. The Morgan fingerprint density at radius 1 is 1.17 bits per heavy atom. The van der Waals surface area contributed by atoms with Gasteiger partial charge in [0.15, 0.2) is 0 Å². The zero-order valence-electron chi connectivity index (χ0n) is 22.0. The van der Waals surface area contributed by atoms with Crippen molar-refractivity contribution in [3.8, 4) is 6.07 Å². The molecule has 1 aliphatic carbocycles. The Hall–Kier alpha value is -2.59. The van der Waals surface area contributed by atoms with Gasteiger partial charge in [-0.15, -0.1) is 0 Å². The van der Waals surface area contributed by atoms with E-state index in [4.69, 9.17) is 4.74 Å². The number of aromatic nitrogens is 1. The molecule has 36 heavy (non-hydrogen) atoms. The summed E-state index contributed by atoms with van der Waals surface area (Å²) in [7, 11) is 0. The highest BCUT2D eigenvalue weighted by Gasteiger charge is 2.34. The first kappa shape index (κ1) is 25.1. The minimum absolute atomic E-state index is 0.0266. The molecule has 0 radical (unpaired) electrons. The van der Waals surface area contributed by atoms with E-state index >= 15 is 0 Å². The van der Waals surface area contributed by atoms with E-state index < -0.39 is 0 Å². The van der Waals surface area contributed by atoms with Gasteiger partial charge in [-0.2, -0.15) is 5.26 Å². The molecule has 3 aliphatic rings. The SMILES string of the molecule is CCC1CC=C(C(C)(C)c2[nH]c3cc(C#N)ccc3c2CO)C=C1N1CCC(N2CCOCC2)CC1. The second-order valence-electron chi connectivity index (χ2n) is 11.1. The highest BCUT2D eigenvalue weighted by Crippen LogP contribution is 2.42. The number of piperidine rings is 1. The van der Waals surface area contributed by atoms with E-state index in [0.29, 0.717) is 17.5 Å². The first-order valence-electron chi connectivity index (χ1n) is 13.6. The highest BCUT2D eigenvalue weighted by molar-refractivity contribution is 5.86. The molecular formula is C30H40N4O2. The summed E-state index contributed by atoms with van der Waals surface area (Å²) in [6, 6.07) is 8.58. The van der Waals surface area contributed by atoms with Crippen molar-refractivity contribution >= 4 is 10.9 Å². The van der Waals surface area contributed by atoms with Crippen LogP contribution in [-0.4, -0.2) is 65.3 Å². The highest BCUT2D eigenvalue weighted by atomic mass is 16.5. The number of allylic oxidation sites excluding steroid dienone is 4. The molecule has 0 saturated carbocycles. The summed E-state index contributed by atoms with van der Waals surface area (Å²) >= 11 is 0. The van der Waals surface area contributed by atoms with Gasteiger partial charge in [0.05, 0.1) is 31.5 Å². The topological polar surface area (TPSA) is 75.5 Å². The van der Waals surface area contributed by atoms with E-state index in [-0.39, 0.29) is 12.0 Å². The van der Waals surface area contributed by atoms with Crippen LogP contribution in [0.3, 0.4) is 0 Å². The van der Waals surface area contributed by atoms with E-state index in [2.05, 4.69) is 53.8 Å². The van der Waals surface area contributed by atoms with Crippen LogP contribution in [0, 0.1) is 17.2 Å². The maximum Gasteiger partial charge on any atom is 0.0992 e. The van der Waals surface area contributed by atoms with Crippen molar-refractivity contribution < 1.29 is 9.84 Å². The Kier molecular flexibility index (Phi) is 7.25. The third-order valence-electron chi connectivity index (χ3n) is 8.77. The van der Waals surface area contributed by atoms with Gasteiger partial charge >= 0.3 is 0 Å². The molecule has 0 bridgehead atoms. The summed E-state index contributed by atoms with van der Waals surface area (Å²) in [5.74, 6) is 0.558. The van der Waals surface area contributed by atoms with Crippen LogP contribution in [0.25, 0.3) is 10.9 Å². The Balaban J connectivity index is 1.41. The number of nitriles is 1. The summed E-state index contributed by atoms with van der Waals surface area (Å²) in [5.41, 5.74) is 6.01. The van der Waals surface area contributed by atoms with Crippen LogP contribution in [0.4, 0.5) is 0 Å². The molecule has 1 atom stereocenters. The van der Waals surface area contributed by atoms with Gasteiger partial charge < -0.3 is 19.7 Å². The first-order chi connectivity index (χ1) is 17.5. The predicted molar refractivity (Wildman–Crippen MR) is 144 cm³/mol. The van der Waals surface area contributed by atoms with Crippen LogP contribution >= 0.6 is 0 Å². The predicted octanol–water partition coefficient (Wildman–Crippen LogP) is 4.85. The molecule has 3 heterocycles. The molecule has 192 valence electrons. The minimum atomic E-state index is -0.292. The summed E-state index contributed by atoms with van der Waals surface area (Å²) in [6.07, 6.45) is 9.48. The molecule has 2 N–H and O–H groups in total. The zero-order chi connectivity index (χ0) is 25.3. The van der Waals surface area contributed by atoms with Crippen LogP contribution in [0.2, 0.25) is 0 Å². The zero-order valence-corrected chi connectivity index (χ0v) is 22.0. The van der Waals surface area contributed by atoms with E-state index in [0.717, 1.165) is 74.4 Å². The van der Waals surface area contributed by atoms with Gasteiger partial charge in [-0.25, -0.2) is 0 Å². The van der Waals surface area contributed by atoms with Crippen molar-refractivity contribution in [2.45, 2.75) is 64.5 Å². The largest absolute Gasteiger partial charge is 0.392 e. The molecular weight excluding hydrogens is 448 g/mol. The summed E-state index contributed by atoms with van der Waals surface area (Å²) in [6.45, 7) is 12.9. The third kappa shape index (κ3) is 4.61. The van der Waals surface area contributed by atoms with Crippen LogP contribution in [0.15, 0.2) is 41.6 Å². The van der Waals surface area contributed by atoms with E-state index in [1.807, 2.05) is 18.2 Å². The van der Waals surface area contributed by atoms with Crippen LogP contribution in [0.1, 0.15) is 63.3 Å². The molecule has 0 amide bonds. The Bertz CT molecular complexity index is 1190. The summed E-state index contributed by atoms with van der Waals surface area (Å²) in [5, 5.41) is 20.7. The Morgan fingerprint density at radius 3 is 2.58 bits per heavy atom. The minimum Gasteiger partial charge on any atom is -0.392 e. The smallest absolute Gasteiger partial charge is 0.0992 e. The van der Waals surface area contributed by atoms with Gasteiger partial charge in [-0.05, 0) is 49.5 Å². The van der Waals surface area contributed by atoms with Crippen LogP contribution in [0.5, 0.6) is 0 Å². The number of benzene rings is 1. The number of ether oxygens (including phenoxy) is 1. The van der Waals surface area contributed by atoms with E-state index in [1.54, 1.807) is 0 Å². The van der Waals surface area contributed by atoms with Crippen LogP contribution < -0.4 is 0 Å². The molecule has 1 unspecified atom stereocenters. The lowest BCUT2D eigenvalue weighted by Crippen LogP contribution is -2.49. The number of fused-ring (bicyclic) bond motifs is 1. The maximum atomic E-state index is 10.3. The maximum absolute atomic E-state index is 10.3. The van der Waals surface area contributed by atoms with E-state index in [1.165, 1.54) is 24.1 Å². The molecule has 5 rings (SSSR count). The molecule has 2 saturated heterocycles. The Labute approximate surface area is 215 Å². The average molecular weight is 489 g/mol. The molecule has 2 aromatic rings. The second-order valence-corrected chi connectivity index (χ2v) is 11.1. The number of rotatable bonds is 6. The third-order valence-corrected chi connectivity index (χ3v) is 8.77. The molecule has 6 heteroatoms. The van der Waals surface area contributed by atoms with Crippen molar-refractivity contribution in [3.63, 3.8) is 0 Å². The number of nitrogens with one attached hydrogen (secondary N) is 1. The van der Waals surface area contributed by atoms with Crippen molar-refractivity contribution in [3.05, 3.63) is 58.4 Å². The lowest BCUT2D eigenvalue weighted by atomic mass is 9.74. The fourth-order valence-electron chi connectivity index (χ4n) is 6.49. The molecule has 0 spiro atoms. The monoisotopic (exact) mass is 488 g/mol. The number of morpholine rings is 1. The fraction of sp³-hybridized carbons (Fsp3) is 0.567. The molecule has 2 fully saturated rings. The fourth-order valence-corrected chi connectivity index (χ4v) is 6.49. The van der Waals surface area contributed by atoms with Gasteiger partial charge in [-0.3, -0.25) is 4.90 Å². The quantitative estimate of drug-likeness (QED) is 0.608. The van der Waals surface area contributed by atoms with Gasteiger partial charge in [0, 0.05) is 71.4 Å². The lowest BCUT2D eigenvalue weighted by molar-refractivity contribution is 0.00266. The number of aromatic amines is 1. The van der Waals surface area contributed by atoms with E-state index in [9.17, 15) is 10.4 Å². The summed E-state index contributed by atoms with van der Waals surface area (Å²) in [4.78, 5) is 8.85. The van der Waals surface area contributed by atoms with Crippen LogP contribution in [-0.2, 0) is 16.8 Å². The molecule has 1 aromatic heterocycles. The van der Waals surface area contributed by atoms with Gasteiger partial charge in [0.2, 0.25) is 0 Å². The number of likely N-dealkylation sites (tertiary alicyclic amines) is 1. The number of aliphatic hydroxyl groups excluding tert-OH is 1. The average Bonchev–Trinajstić information content (AvgIpc) is 3.32. The molecule has 1 aromatic carbocycles. The number of aliphatic hydroxyl groups is 1. The Morgan fingerprint density at radius 2 is 1.92 bits per heavy atom. The van der Waals surface area contributed by atoms with Gasteiger partial charge in [0.25, 0.3) is 0 Å². The van der Waals surface area contributed by atoms with Crippen molar-refractivity contribution in [2.24, 2.45) is 5.92 Å². The van der Waals surface area contributed by atoms with Crippen molar-refractivity contribution in [1.29, 1.82) is 5.26 Å². The van der Waals surface area contributed by atoms with Gasteiger partial charge in [-0.1, -0.05) is 32.9 Å². The molecule has 6 nitrogen and oxygen atoms in total. The summed E-state index contributed by atoms with van der Waals surface area (Å²) < 4.78 is 5.56. The first-order valence-corrected chi connectivity index (χ1v) is 13.6. The normalized spacial score (nSPS) is 22.4. The second kappa shape index (κ2) is 10.4. The number of nitrogens with zero attached hydrogens (tertiary/aromatic N) is 3. The van der Waals surface area contributed by atoms with Gasteiger partial charge in [0.1, 0.15) is 0 Å².